The predicted molar refractivity (Wildman–Crippen MR) is 66.7 cm³/mol. The first-order valence-electron chi connectivity index (χ1n) is 6.09. The van der Waals surface area contributed by atoms with Crippen molar-refractivity contribution in [1.29, 1.82) is 0 Å². The lowest BCUT2D eigenvalue weighted by atomic mass is 10.2. The van der Waals surface area contributed by atoms with Gasteiger partial charge in [-0.15, -0.1) is 0 Å². The number of ether oxygens (including phenoxy) is 2. The standard InChI is InChI=1S/C13H18N2O3/c1-15(2)13(16)10-5-6-12(14-8-10)18-9-11-4-3-7-17-11/h5-6,8,11H,3-4,7,9H2,1-2H3/t11-/m1/s1. The molecular formula is C13H18N2O3. The quantitative estimate of drug-likeness (QED) is 0.809. The highest BCUT2D eigenvalue weighted by atomic mass is 16.5. The number of carbonyl (C=O) groups is 1. The van der Waals surface area contributed by atoms with Crippen molar-refractivity contribution in [2.75, 3.05) is 27.3 Å². The van der Waals surface area contributed by atoms with Gasteiger partial charge in [0.15, 0.2) is 0 Å². The molecule has 1 aliphatic rings. The molecule has 0 aliphatic carbocycles. The topological polar surface area (TPSA) is 51.7 Å². The van der Waals surface area contributed by atoms with Crippen molar-refractivity contribution in [3.63, 3.8) is 0 Å². The number of aromatic nitrogens is 1. The zero-order valence-electron chi connectivity index (χ0n) is 10.8. The monoisotopic (exact) mass is 250 g/mol. The second-order valence-corrected chi connectivity index (χ2v) is 4.53. The zero-order valence-corrected chi connectivity index (χ0v) is 10.8. The first kappa shape index (κ1) is 12.8. The van der Waals surface area contributed by atoms with Crippen LogP contribution in [-0.4, -0.2) is 49.2 Å². The van der Waals surface area contributed by atoms with Crippen molar-refractivity contribution in [1.82, 2.24) is 9.88 Å². The number of pyridine rings is 1. The van der Waals surface area contributed by atoms with Gasteiger partial charge in [0.05, 0.1) is 11.7 Å². The van der Waals surface area contributed by atoms with E-state index in [0.717, 1.165) is 19.4 Å². The summed E-state index contributed by atoms with van der Waals surface area (Å²) < 4.78 is 11.0. The number of nitrogens with zero attached hydrogens (tertiary/aromatic N) is 2. The van der Waals surface area contributed by atoms with Gasteiger partial charge in [0.1, 0.15) is 6.61 Å². The maximum absolute atomic E-state index is 11.6. The Labute approximate surface area is 107 Å². The molecule has 5 nitrogen and oxygen atoms in total. The maximum atomic E-state index is 11.6. The minimum absolute atomic E-state index is 0.0619. The van der Waals surface area contributed by atoms with Crippen LogP contribution in [0.5, 0.6) is 5.88 Å². The van der Waals surface area contributed by atoms with Crippen molar-refractivity contribution in [2.24, 2.45) is 0 Å². The highest BCUT2D eigenvalue weighted by Crippen LogP contribution is 2.14. The van der Waals surface area contributed by atoms with Gasteiger partial charge in [-0.05, 0) is 18.9 Å². The van der Waals surface area contributed by atoms with E-state index in [4.69, 9.17) is 9.47 Å². The van der Waals surface area contributed by atoms with Gasteiger partial charge >= 0.3 is 0 Å². The molecule has 0 unspecified atom stereocenters. The Morgan fingerprint density at radius 1 is 1.56 bits per heavy atom. The van der Waals surface area contributed by atoms with E-state index in [2.05, 4.69) is 4.98 Å². The van der Waals surface area contributed by atoms with Crippen LogP contribution >= 0.6 is 0 Å². The third-order valence-electron chi connectivity index (χ3n) is 2.83. The van der Waals surface area contributed by atoms with Crippen molar-refractivity contribution < 1.29 is 14.3 Å². The fourth-order valence-corrected chi connectivity index (χ4v) is 1.80. The molecule has 1 fully saturated rings. The van der Waals surface area contributed by atoms with E-state index < -0.39 is 0 Å². The van der Waals surface area contributed by atoms with Crippen LogP contribution in [-0.2, 0) is 4.74 Å². The lowest BCUT2D eigenvalue weighted by molar-refractivity contribution is 0.0662. The van der Waals surface area contributed by atoms with Crippen LogP contribution in [0.4, 0.5) is 0 Å². The Hall–Kier alpha value is -1.62. The van der Waals surface area contributed by atoms with Crippen LogP contribution < -0.4 is 4.74 Å². The average Bonchev–Trinajstić information content (AvgIpc) is 2.89. The lowest BCUT2D eigenvalue weighted by Crippen LogP contribution is -2.22. The number of rotatable bonds is 4. The van der Waals surface area contributed by atoms with Gasteiger partial charge in [0.25, 0.3) is 5.91 Å². The van der Waals surface area contributed by atoms with Gasteiger partial charge < -0.3 is 14.4 Å². The number of amides is 1. The smallest absolute Gasteiger partial charge is 0.254 e. The van der Waals surface area contributed by atoms with E-state index in [1.807, 2.05) is 0 Å². The second kappa shape index (κ2) is 5.82. The number of carbonyl (C=O) groups excluding carboxylic acids is 1. The van der Waals surface area contributed by atoms with Crippen LogP contribution in [0.2, 0.25) is 0 Å². The molecule has 5 heteroatoms. The predicted octanol–water partition coefficient (Wildman–Crippen LogP) is 1.34. The summed E-state index contributed by atoms with van der Waals surface area (Å²) >= 11 is 0. The fourth-order valence-electron chi connectivity index (χ4n) is 1.80. The highest BCUT2D eigenvalue weighted by Gasteiger charge is 2.16. The minimum Gasteiger partial charge on any atom is -0.475 e. The summed E-state index contributed by atoms with van der Waals surface area (Å²) in [6, 6.07) is 3.44. The minimum atomic E-state index is -0.0619. The van der Waals surface area contributed by atoms with Crippen LogP contribution in [0.15, 0.2) is 18.3 Å². The van der Waals surface area contributed by atoms with Crippen molar-refractivity contribution in [3.8, 4) is 5.88 Å². The average molecular weight is 250 g/mol. The first-order chi connectivity index (χ1) is 8.66. The van der Waals surface area contributed by atoms with Crippen molar-refractivity contribution >= 4 is 5.91 Å². The number of hydrogen-bond donors (Lipinski definition) is 0. The Balaban J connectivity index is 1.89. The number of hydrogen-bond acceptors (Lipinski definition) is 4. The molecule has 2 rings (SSSR count). The van der Waals surface area contributed by atoms with E-state index in [0.29, 0.717) is 18.1 Å². The Bertz CT molecular complexity index is 397. The van der Waals surface area contributed by atoms with Gasteiger partial charge in [0, 0.05) is 33.0 Å². The van der Waals surface area contributed by atoms with Crippen molar-refractivity contribution in [2.45, 2.75) is 18.9 Å². The summed E-state index contributed by atoms with van der Waals surface area (Å²) in [5, 5.41) is 0. The van der Waals surface area contributed by atoms with Gasteiger partial charge in [0.2, 0.25) is 5.88 Å². The largest absolute Gasteiger partial charge is 0.475 e. The Kier molecular flexibility index (Phi) is 4.15. The van der Waals surface area contributed by atoms with Gasteiger partial charge in [-0.1, -0.05) is 0 Å². The summed E-state index contributed by atoms with van der Waals surface area (Å²) in [6.45, 7) is 1.34. The van der Waals surface area contributed by atoms with Gasteiger partial charge in [-0.25, -0.2) is 4.98 Å². The molecule has 1 amide bonds. The molecule has 1 aliphatic heterocycles. The molecule has 0 bridgehead atoms. The fraction of sp³-hybridized carbons (Fsp3) is 0.538. The molecule has 98 valence electrons. The maximum Gasteiger partial charge on any atom is 0.254 e. The molecule has 1 saturated heterocycles. The molecule has 0 saturated carbocycles. The Morgan fingerprint density at radius 3 is 2.94 bits per heavy atom. The third kappa shape index (κ3) is 3.20. The molecule has 18 heavy (non-hydrogen) atoms. The van der Waals surface area contributed by atoms with Crippen LogP contribution in [0.1, 0.15) is 23.2 Å². The molecule has 0 N–H and O–H groups in total. The summed E-state index contributed by atoms with van der Waals surface area (Å²) in [4.78, 5) is 17.3. The highest BCUT2D eigenvalue weighted by molar-refractivity contribution is 5.93. The third-order valence-corrected chi connectivity index (χ3v) is 2.83. The SMILES string of the molecule is CN(C)C(=O)c1ccc(OC[C@H]2CCCO2)nc1. The van der Waals surface area contributed by atoms with E-state index in [1.165, 1.54) is 11.1 Å². The summed E-state index contributed by atoms with van der Waals surface area (Å²) in [7, 11) is 3.42. The van der Waals surface area contributed by atoms with Gasteiger partial charge in [-0.3, -0.25) is 4.79 Å². The molecule has 0 radical (unpaired) electrons. The second-order valence-electron chi connectivity index (χ2n) is 4.53. The zero-order chi connectivity index (χ0) is 13.0. The first-order valence-corrected chi connectivity index (χ1v) is 6.09. The van der Waals surface area contributed by atoms with Crippen molar-refractivity contribution in [3.05, 3.63) is 23.9 Å². The van der Waals surface area contributed by atoms with E-state index in [9.17, 15) is 4.79 Å². The summed E-state index contributed by atoms with van der Waals surface area (Å²) in [5.41, 5.74) is 0.560. The van der Waals surface area contributed by atoms with Gasteiger partial charge in [-0.2, -0.15) is 0 Å². The molecule has 0 aromatic carbocycles. The summed E-state index contributed by atoms with van der Waals surface area (Å²) in [6.07, 6.45) is 3.84. The molecule has 1 aromatic rings. The summed E-state index contributed by atoms with van der Waals surface area (Å²) in [5.74, 6) is 0.467. The molecule has 2 heterocycles. The van der Waals surface area contributed by atoms with Crippen LogP contribution in [0.25, 0.3) is 0 Å². The van der Waals surface area contributed by atoms with E-state index >= 15 is 0 Å². The lowest BCUT2D eigenvalue weighted by Gasteiger charge is -2.12. The van der Waals surface area contributed by atoms with E-state index in [-0.39, 0.29) is 12.0 Å². The van der Waals surface area contributed by atoms with Crippen LogP contribution in [0, 0.1) is 0 Å². The van der Waals surface area contributed by atoms with Crippen LogP contribution in [0.3, 0.4) is 0 Å². The normalized spacial score (nSPS) is 18.7. The molecular weight excluding hydrogens is 232 g/mol. The molecule has 1 aromatic heterocycles. The molecule has 1 atom stereocenters. The van der Waals surface area contributed by atoms with E-state index in [1.54, 1.807) is 26.2 Å². The molecule has 0 spiro atoms. The Morgan fingerprint density at radius 2 is 2.39 bits per heavy atom.